The van der Waals surface area contributed by atoms with Crippen molar-refractivity contribution >= 4 is 29.1 Å². The van der Waals surface area contributed by atoms with Crippen molar-refractivity contribution in [3.05, 3.63) is 51.3 Å². The summed E-state index contributed by atoms with van der Waals surface area (Å²) in [6.07, 6.45) is 3.09. The van der Waals surface area contributed by atoms with E-state index in [9.17, 15) is 24.6 Å². The lowest BCUT2D eigenvalue weighted by Crippen LogP contribution is -2.41. The van der Waals surface area contributed by atoms with Crippen LogP contribution in [-0.2, 0) is 14.4 Å². The molecule has 0 amide bonds. The average Bonchev–Trinajstić information content (AvgIpc) is 2.64. The van der Waals surface area contributed by atoms with E-state index in [0.29, 0.717) is 71.7 Å². The number of hydrogen-bond donors (Lipinski definition) is 2. The van der Waals surface area contributed by atoms with Crippen molar-refractivity contribution < 1.29 is 24.6 Å². The Morgan fingerprint density at radius 2 is 1.61 bits per heavy atom. The van der Waals surface area contributed by atoms with Crippen LogP contribution in [0.15, 0.2) is 40.7 Å². The first-order chi connectivity index (χ1) is 13.4. The number of phenols is 1. The van der Waals surface area contributed by atoms with Crippen LogP contribution in [0.1, 0.15) is 50.0 Å². The first-order valence-corrected chi connectivity index (χ1v) is 9.76. The van der Waals surface area contributed by atoms with Crippen molar-refractivity contribution in [2.24, 2.45) is 0 Å². The van der Waals surface area contributed by atoms with E-state index in [-0.39, 0.29) is 23.9 Å². The zero-order valence-electron chi connectivity index (χ0n) is 15.2. The minimum absolute atomic E-state index is 0.0310. The molecule has 4 rings (SSSR count). The minimum Gasteiger partial charge on any atom is -0.508 e. The third-order valence-electron chi connectivity index (χ3n) is 5.68. The number of carboxylic acids is 1. The van der Waals surface area contributed by atoms with Gasteiger partial charge in [-0.2, -0.15) is 0 Å². The summed E-state index contributed by atoms with van der Waals surface area (Å²) < 4.78 is 0. The van der Waals surface area contributed by atoms with Gasteiger partial charge in [-0.25, -0.2) is 0 Å². The SMILES string of the molecule is O=C(O)CN1C2=C(C(=O)CCC2)C(c2cc(Cl)ccc2O)C2=C1CCCC2=O. The number of hydrogen-bond acceptors (Lipinski definition) is 5. The number of phenolic OH excluding ortho intramolecular Hbond substituents is 1. The monoisotopic (exact) mass is 401 g/mol. The van der Waals surface area contributed by atoms with Gasteiger partial charge in [0.15, 0.2) is 11.6 Å². The van der Waals surface area contributed by atoms with Crippen molar-refractivity contribution in [2.45, 2.75) is 44.4 Å². The van der Waals surface area contributed by atoms with Gasteiger partial charge in [0.25, 0.3) is 0 Å². The van der Waals surface area contributed by atoms with E-state index >= 15 is 0 Å². The summed E-state index contributed by atoms with van der Waals surface area (Å²) >= 11 is 6.16. The maximum absolute atomic E-state index is 12.9. The molecule has 1 aromatic rings. The maximum atomic E-state index is 12.9. The fraction of sp³-hybridized carbons (Fsp3) is 0.381. The lowest BCUT2D eigenvalue weighted by atomic mass is 9.70. The Balaban J connectivity index is 2.00. The number of carboxylic acid groups (broad SMARTS) is 1. The maximum Gasteiger partial charge on any atom is 0.323 e. The van der Waals surface area contributed by atoms with Gasteiger partial charge >= 0.3 is 5.97 Å². The molecule has 146 valence electrons. The lowest BCUT2D eigenvalue weighted by Gasteiger charge is -2.43. The van der Waals surface area contributed by atoms with Crippen molar-refractivity contribution in [1.29, 1.82) is 0 Å². The number of aromatic hydroxyl groups is 1. The zero-order valence-corrected chi connectivity index (χ0v) is 16.0. The van der Waals surface area contributed by atoms with E-state index in [2.05, 4.69) is 0 Å². The van der Waals surface area contributed by atoms with Gasteiger partial charge in [0.2, 0.25) is 0 Å². The number of carbonyl (C=O) groups is 3. The number of halogens is 1. The Labute approximate surface area is 167 Å². The van der Waals surface area contributed by atoms with E-state index in [1.165, 1.54) is 6.07 Å². The number of nitrogens with zero attached hydrogens (tertiary/aromatic N) is 1. The van der Waals surface area contributed by atoms with Crippen molar-refractivity contribution in [3.8, 4) is 5.75 Å². The Morgan fingerprint density at radius 3 is 2.14 bits per heavy atom. The van der Waals surface area contributed by atoms with Gasteiger partial charge in [0.1, 0.15) is 12.3 Å². The molecule has 2 aliphatic carbocycles. The molecule has 2 N–H and O–H groups in total. The van der Waals surface area contributed by atoms with Gasteiger partial charge in [-0.15, -0.1) is 0 Å². The van der Waals surface area contributed by atoms with Crippen LogP contribution in [-0.4, -0.2) is 39.2 Å². The predicted octanol–water partition coefficient (Wildman–Crippen LogP) is 3.54. The molecule has 0 spiro atoms. The fourth-order valence-electron chi connectivity index (χ4n) is 4.61. The smallest absolute Gasteiger partial charge is 0.323 e. The molecular formula is C21H20ClNO5. The molecule has 0 atom stereocenters. The molecule has 3 aliphatic rings. The van der Waals surface area contributed by atoms with Gasteiger partial charge in [0.05, 0.1) is 0 Å². The summed E-state index contributed by atoms with van der Waals surface area (Å²) in [5, 5.41) is 20.3. The number of carbonyl (C=O) groups excluding carboxylic acids is 2. The first-order valence-electron chi connectivity index (χ1n) is 9.38. The highest BCUT2D eigenvalue weighted by Gasteiger charge is 2.44. The first kappa shape index (κ1) is 18.7. The Morgan fingerprint density at radius 1 is 1.04 bits per heavy atom. The molecule has 0 bridgehead atoms. The van der Waals surface area contributed by atoms with E-state index in [1.807, 2.05) is 0 Å². The number of Topliss-reactive ketones (excluding diaryl/α,β-unsaturated/α-hetero) is 2. The van der Waals surface area contributed by atoms with Gasteiger partial charge < -0.3 is 15.1 Å². The number of ketones is 2. The average molecular weight is 402 g/mol. The van der Waals surface area contributed by atoms with E-state index < -0.39 is 11.9 Å². The Kier molecular flexibility index (Phi) is 4.75. The lowest BCUT2D eigenvalue weighted by molar-refractivity contribution is -0.138. The van der Waals surface area contributed by atoms with Crippen molar-refractivity contribution in [2.75, 3.05) is 6.54 Å². The van der Waals surface area contributed by atoms with Gasteiger partial charge in [-0.05, 0) is 43.9 Å². The molecule has 1 heterocycles. The predicted molar refractivity (Wildman–Crippen MR) is 102 cm³/mol. The summed E-state index contributed by atoms with van der Waals surface area (Å²) in [5.41, 5.74) is 2.61. The van der Waals surface area contributed by atoms with Crippen LogP contribution in [0.2, 0.25) is 5.02 Å². The van der Waals surface area contributed by atoms with Gasteiger partial charge in [0, 0.05) is 51.9 Å². The summed E-state index contributed by atoms with van der Waals surface area (Å²) in [7, 11) is 0. The van der Waals surface area contributed by atoms with Crippen LogP contribution in [0.5, 0.6) is 5.75 Å². The summed E-state index contributed by atoms with van der Waals surface area (Å²) in [6, 6.07) is 4.60. The summed E-state index contributed by atoms with van der Waals surface area (Å²) in [4.78, 5) is 39.0. The zero-order chi connectivity index (χ0) is 20.0. The normalized spacial score (nSPS) is 20.4. The number of benzene rings is 1. The highest BCUT2D eigenvalue weighted by atomic mass is 35.5. The Hall–Kier alpha value is -2.60. The standard InChI is InChI=1S/C21H20ClNO5/c22-11-7-8-15(24)12(9-11)19-20-13(3-1-5-16(20)25)23(10-18(27)28)14-4-2-6-17(26)21(14)19/h7-9,19,24H,1-6,10H2,(H,27,28). The van der Waals surface area contributed by atoms with Crippen LogP contribution >= 0.6 is 11.6 Å². The van der Waals surface area contributed by atoms with Crippen LogP contribution in [0.3, 0.4) is 0 Å². The fourth-order valence-corrected chi connectivity index (χ4v) is 4.79. The molecule has 6 nitrogen and oxygen atoms in total. The van der Waals surface area contributed by atoms with Gasteiger partial charge in [-0.1, -0.05) is 11.6 Å². The summed E-state index contributed by atoms with van der Waals surface area (Å²) in [5.74, 6) is -1.96. The van der Waals surface area contributed by atoms with E-state index in [0.717, 1.165) is 0 Å². The quantitative estimate of drug-likeness (QED) is 0.804. The number of allylic oxidation sites excluding steroid dienone is 4. The third-order valence-corrected chi connectivity index (χ3v) is 5.92. The van der Waals surface area contributed by atoms with Crippen molar-refractivity contribution in [1.82, 2.24) is 4.90 Å². The molecule has 0 radical (unpaired) electrons. The third kappa shape index (κ3) is 3.02. The van der Waals surface area contributed by atoms with E-state index in [4.69, 9.17) is 11.6 Å². The van der Waals surface area contributed by atoms with Crippen LogP contribution in [0.25, 0.3) is 0 Å². The second-order valence-electron chi connectivity index (χ2n) is 7.39. The van der Waals surface area contributed by atoms with Crippen LogP contribution in [0.4, 0.5) is 0 Å². The molecule has 1 aliphatic heterocycles. The van der Waals surface area contributed by atoms with Crippen LogP contribution < -0.4 is 0 Å². The van der Waals surface area contributed by atoms with Gasteiger partial charge in [-0.3, -0.25) is 14.4 Å². The number of aliphatic carboxylic acids is 1. The highest BCUT2D eigenvalue weighted by molar-refractivity contribution is 6.30. The second-order valence-corrected chi connectivity index (χ2v) is 7.83. The molecule has 0 saturated heterocycles. The van der Waals surface area contributed by atoms with E-state index in [1.54, 1.807) is 17.0 Å². The molecular weight excluding hydrogens is 382 g/mol. The van der Waals surface area contributed by atoms with Crippen LogP contribution in [0, 0.1) is 0 Å². The molecule has 0 aromatic heterocycles. The molecule has 0 unspecified atom stereocenters. The second kappa shape index (κ2) is 7.09. The largest absolute Gasteiger partial charge is 0.508 e. The number of rotatable bonds is 3. The summed E-state index contributed by atoms with van der Waals surface area (Å²) in [6.45, 7) is -0.285. The molecule has 0 saturated carbocycles. The molecule has 1 aromatic carbocycles. The minimum atomic E-state index is -1.02. The molecule has 7 heteroatoms. The Bertz CT molecular complexity index is 918. The molecule has 28 heavy (non-hydrogen) atoms. The topological polar surface area (TPSA) is 94.9 Å². The highest BCUT2D eigenvalue weighted by Crippen LogP contribution is 2.50. The molecule has 0 fully saturated rings. The van der Waals surface area contributed by atoms with Crippen molar-refractivity contribution in [3.63, 3.8) is 0 Å².